The van der Waals surface area contributed by atoms with Crippen LogP contribution in [0.4, 0.5) is 0 Å². The number of hydrogen-bond acceptors (Lipinski definition) is 2. The first-order valence-corrected chi connectivity index (χ1v) is 7.32. The first-order valence-electron chi connectivity index (χ1n) is 7.32. The van der Waals surface area contributed by atoms with Gasteiger partial charge in [0.05, 0.1) is 0 Å². The van der Waals surface area contributed by atoms with Gasteiger partial charge in [0.15, 0.2) is 0 Å². The van der Waals surface area contributed by atoms with E-state index in [0.29, 0.717) is 0 Å². The maximum absolute atomic E-state index is 11.8. The fraction of sp³-hybridized carbons (Fsp3) is 0.211. The monoisotopic (exact) mass is 278 g/mol. The molecular weight excluding hydrogens is 260 g/mol. The largest absolute Gasteiger partial charge is 0.459 e. The number of hydrogen-bond donors (Lipinski definition) is 0. The molecule has 2 aromatic rings. The molecule has 1 aliphatic rings. The Balaban J connectivity index is 1.66. The van der Waals surface area contributed by atoms with Crippen LogP contribution in [0.5, 0.6) is 0 Å². The molecule has 21 heavy (non-hydrogen) atoms. The van der Waals surface area contributed by atoms with Crippen LogP contribution in [0.15, 0.2) is 66.7 Å². The lowest BCUT2D eigenvalue weighted by Crippen LogP contribution is -2.22. The minimum Gasteiger partial charge on any atom is -0.459 e. The van der Waals surface area contributed by atoms with Crippen LogP contribution < -0.4 is 0 Å². The second kappa shape index (κ2) is 6.40. The summed E-state index contributed by atoms with van der Waals surface area (Å²) >= 11 is 0. The highest BCUT2D eigenvalue weighted by Crippen LogP contribution is 2.27. The summed E-state index contributed by atoms with van der Waals surface area (Å²) in [4.78, 5) is 11.8. The summed E-state index contributed by atoms with van der Waals surface area (Å²) in [6.45, 7) is 0. The zero-order chi connectivity index (χ0) is 14.5. The lowest BCUT2D eigenvalue weighted by molar-refractivity contribution is -0.143. The van der Waals surface area contributed by atoms with Crippen LogP contribution in [0, 0.1) is 0 Å². The third-order valence-corrected chi connectivity index (χ3v) is 3.76. The zero-order valence-electron chi connectivity index (χ0n) is 11.9. The maximum atomic E-state index is 11.8. The molecule has 0 amide bonds. The Morgan fingerprint density at radius 2 is 1.62 bits per heavy atom. The van der Waals surface area contributed by atoms with Crippen molar-refractivity contribution >= 4 is 11.5 Å². The fourth-order valence-electron chi connectivity index (χ4n) is 2.67. The van der Waals surface area contributed by atoms with E-state index in [1.807, 2.05) is 48.5 Å². The molecule has 0 N–H and O–H groups in total. The predicted octanol–water partition coefficient (Wildman–Crippen LogP) is 4.02. The second-order valence-electron chi connectivity index (χ2n) is 5.32. The van der Waals surface area contributed by atoms with Crippen molar-refractivity contribution in [3.05, 3.63) is 77.9 Å². The van der Waals surface area contributed by atoms with Crippen LogP contribution >= 0.6 is 0 Å². The van der Waals surface area contributed by atoms with Crippen molar-refractivity contribution in [3.8, 4) is 0 Å². The van der Waals surface area contributed by atoms with Gasteiger partial charge in [-0.05, 0) is 29.5 Å². The van der Waals surface area contributed by atoms with Gasteiger partial charge in [-0.1, -0.05) is 60.7 Å². The highest BCUT2D eigenvalue weighted by atomic mass is 16.5. The van der Waals surface area contributed by atoms with Crippen LogP contribution in [-0.4, -0.2) is 12.1 Å². The molecule has 106 valence electrons. The van der Waals surface area contributed by atoms with E-state index in [2.05, 4.69) is 12.1 Å². The third kappa shape index (κ3) is 3.60. The molecule has 0 fully saturated rings. The van der Waals surface area contributed by atoms with Crippen LogP contribution in [0.1, 0.15) is 24.0 Å². The summed E-state index contributed by atoms with van der Waals surface area (Å²) in [5.74, 6) is -0.224. The van der Waals surface area contributed by atoms with Crippen molar-refractivity contribution in [1.29, 1.82) is 0 Å². The molecule has 1 unspecified atom stereocenters. The smallest absolute Gasteiger partial charge is 0.331 e. The summed E-state index contributed by atoms with van der Waals surface area (Å²) < 4.78 is 5.44. The number of benzene rings is 2. The van der Waals surface area contributed by atoms with E-state index in [0.717, 1.165) is 30.4 Å². The number of carbonyl (C=O) groups excluding carboxylic acids is 1. The number of cyclic esters (lactones) is 1. The fourth-order valence-corrected chi connectivity index (χ4v) is 2.67. The van der Waals surface area contributed by atoms with E-state index in [1.165, 1.54) is 5.56 Å². The van der Waals surface area contributed by atoms with Gasteiger partial charge in [-0.3, -0.25) is 0 Å². The maximum Gasteiger partial charge on any atom is 0.331 e. The van der Waals surface area contributed by atoms with E-state index >= 15 is 0 Å². The molecule has 0 saturated heterocycles. The van der Waals surface area contributed by atoms with Gasteiger partial charge in [0.25, 0.3) is 0 Å². The van der Waals surface area contributed by atoms with E-state index < -0.39 is 0 Å². The van der Waals surface area contributed by atoms with Gasteiger partial charge in [0, 0.05) is 12.5 Å². The van der Waals surface area contributed by atoms with Gasteiger partial charge < -0.3 is 4.74 Å². The van der Waals surface area contributed by atoms with Gasteiger partial charge in [0.2, 0.25) is 0 Å². The Morgan fingerprint density at radius 1 is 0.952 bits per heavy atom. The molecule has 0 aliphatic carbocycles. The van der Waals surface area contributed by atoms with Gasteiger partial charge in [-0.25, -0.2) is 4.79 Å². The first-order chi connectivity index (χ1) is 10.3. The van der Waals surface area contributed by atoms with Gasteiger partial charge in [0.1, 0.15) is 6.10 Å². The lowest BCUT2D eigenvalue weighted by Gasteiger charge is -2.23. The predicted molar refractivity (Wildman–Crippen MR) is 83.7 cm³/mol. The Morgan fingerprint density at radius 3 is 2.33 bits per heavy atom. The van der Waals surface area contributed by atoms with Gasteiger partial charge in [-0.2, -0.15) is 0 Å². The quantitative estimate of drug-likeness (QED) is 0.790. The Kier molecular flexibility index (Phi) is 4.15. The topological polar surface area (TPSA) is 26.3 Å². The zero-order valence-corrected chi connectivity index (χ0v) is 11.9. The highest BCUT2D eigenvalue weighted by Gasteiger charge is 2.22. The van der Waals surface area contributed by atoms with Crippen molar-refractivity contribution in [3.63, 3.8) is 0 Å². The molecule has 1 atom stereocenters. The molecule has 0 saturated carbocycles. The summed E-state index contributed by atoms with van der Waals surface area (Å²) in [5, 5.41) is 0. The molecule has 1 aliphatic heterocycles. The van der Waals surface area contributed by atoms with Crippen LogP contribution in [0.3, 0.4) is 0 Å². The minimum absolute atomic E-state index is 0.0297. The number of rotatable bonds is 4. The molecule has 0 bridgehead atoms. The van der Waals surface area contributed by atoms with Gasteiger partial charge >= 0.3 is 5.97 Å². The van der Waals surface area contributed by atoms with Crippen molar-refractivity contribution < 1.29 is 9.53 Å². The van der Waals surface area contributed by atoms with Crippen LogP contribution in [-0.2, 0) is 16.0 Å². The van der Waals surface area contributed by atoms with E-state index in [-0.39, 0.29) is 12.1 Å². The van der Waals surface area contributed by atoms with Crippen LogP contribution in [0.25, 0.3) is 5.57 Å². The molecule has 1 heterocycles. The number of aryl methyl sites for hydroxylation is 1. The van der Waals surface area contributed by atoms with Crippen molar-refractivity contribution in [2.75, 3.05) is 0 Å². The average molecular weight is 278 g/mol. The lowest BCUT2D eigenvalue weighted by atomic mass is 9.94. The minimum atomic E-state index is -0.224. The van der Waals surface area contributed by atoms with E-state index in [4.69, 9.17) is 4.74 Å². The summed E-state index contributed by atoms with van der Waals surface area (Å²) in [6, 6.07) is 20.4. The Bertz CT molecular complexity index is 629. The number of ether oxygens (including phenoxy) is 1. The molecule has 0 aromatic heterocycles. The second-order valence-corrected chi connectivity index (χ2v) is 5.32. The standard InChI is InChI=1S/C19H18O2/c20-19-14-17(16-9-5-2-6-10-16)13-18(21-19)12-11-15-7-3-1-4-8-15/h1-10,14,18H,11-13H2. The Hall–Kier alpha value is -2.35. The highest BCUT2D eigenvalue weighted by molar-refractivity contribution is 5.93. The number of carbonyl (C=O) groups is 1. The number of esters is 1. The van der Waals surface area contributed by atoms with Gasteiger partial charge in [-0.15, -0.1) is 0 Å². The average Bonchev–Trinajstić information content (AvgIpc) is 2.54. The summed E-state index contributed by atoms with van der Waals surface area (Å²) in [6.07, 6.45) is 4.18. The van der Waals surface area contributed by atoms with E-state index in [1.54, 1.807) is 6.08 Å². The van der Waals surface area contributed by atoms with Crippen molar-refractivity contribution in [1.82, 2.24) is 0 Å². The third-order valence-electron chi connectivity index (χ3n) is 3.76. The Labute approximate surface area is 125 Å². The van der Waals surface area contributed by atoms with Crippen molar-refractivity contribution in [2.24, 2.45) is 0 Å². The molecular formula is C19H18O2. The first kappa shape index (κ1) is 13.6. The normalized spacial score (nSPS) is 18.0. The summed E-state index contributed by atoms with van der Waals surface area (Å²) in [5.41, 5.74) is 3.47. The molecule has 2 heteroatoms. The van der Waals surface area contributed by atoms with Crippen molar-refractivity contribution in [2.45, 2.75) is 25.4 Å². The summed E-state index contributed by atoms with van der Waals surface area (Å²) in [7, 11) is 0. The SMILES string of the molecule is O=C1C=C(c2ccccc2)CC(CCc2ccccc2)O1. The van der Waals surface area contributed by atoms with E-state index in [9.17, 15) is 4.79 Å². The molecule has 2 aromatic carbocycles. The molecule has 2 nitrogen and oxygen atoms in total. The molecule has 0 radical (unpaired) electrons. The molecule has 3 rings (SSSR count). The molecule has 0 spiro atoms. The van der Waals surface area contributed by atoms with Crippen LogP contribution in [0.2, 0.25) is 0 Å².